The summed E-state index contributed by atoms with van der Waals surface area (Å²) in [5, 5.41) is 4.77. The van der Waals surface area contributed by atoms with Crippen LogP contribution in [0.2, 0.25) is 5.02 Å². The predicted octanol–water partition coefficient (Wildman–Crippen LogP) is 4.10. The zero-order valence-electron chi connectivity index (χ0n) is 18.0. The molecule has 1 saturated heterocycles. The van der Waals surface area contributed by atoms with Crippen LogP contribution < -0.4 is 15.5 Å². The number of carbonyl (C=O) groups is 3. The Bertz CT molecular complexity index is 1450. The summed E-state index contributed by atoms with van der Waals surface area (Å²) in [5.41, 5.74) is -0.309. The molecule has 2 aliphatic heterocycles. The molecule has 2 N–H and O–H groups in total. The molecule has 0 aliphatic carbocycles. The number of fused-ring (bicyclic) bond motifs is 2. The predicted molar refractivity (Wildman–Crippen MR) is 128 cm³/mol. The van der Waals surface area contributed by atoms with Crippen LogP contribution in [-0.4, -0.2) is 27.5 Å². The second-order valence-corrected chi connectivity index (χ2v) is 10.8. The number of hydrogen-bond donors (Lipinski definition) is 2. The molecule has 3 heterocycles. The molecule has 0 radical (unpaired) electrons. The molecule has 2 aliphatic rings. The van der Waals surface area contributed by atoms with Gasteiger partial charge in [0.2, 0.25) is 17.7 Å². The van der Waals surface area contributed by atoms with Gasteiger partial charge in [0.15, 0.2) is 0 Å². The van der Waals surface area contributed by atoms with Gasteiger partial charge in [0.1, 0.15) is 11.8 Å². The molecule has 5 rings (SSSR count). The third-order valence-corrected chi connectivity index (χ3v) is 8.76. The van der Waals surface area contributed by atoms with Gasteiger partial charge in [-0.1, -0.05) is 52.9 Å². The summed E-state index contributed by atoms with van der Waals surface area (Å²) in [4.78, 5) is 50.9. The molecule has 36 heavy (non-hydrogen) atoms. The zero-order valence-corrected chi connectivity index (χ0v) is 20.4. The number of alkyl halides is 3. The van der Waals surface area contributed by atoms with E-state index < -0.39 is 58.0 Å². The first-order valence-electron chi connectivity index (χ1n) is 10.5. The minimum Gasteiger partial charge on any atom is -0.325 e. The van der Waals surface area contributed by atoms with Crippen molar-refractivity contribution >= 4 is 58.1 Å². The van der Waals surface area contributed by atoms with Crippen LogP contribution in [-0.2, 0) is 27.1 Å². The van der Waals surface area contributed by atoms with Gasteiger partial charge in [-0.2, -0.15) is 13.2 Å². The molecule has 0 bridgehead atoms. The normalized spacial score (nSPS) is 21.1. The van der Waals surface area contributed by atoms with E-state index in [4.69, 9.17) is 11.6 Å². The van der Waals surface area contributed by atoms with E-state index in [1.165, 1.54) is 16.7 Å². The first kappa shape index (κ1) is 24.6. The number of thioether (sulfide) groups is 1. The van der Waals surface area contributed by atoms with Crippen LogP contribution in [0.5, 0.6) is 0 Å². The summed E-state index contributed by atoms with van der Waals surface area (Å²) in [6, 6.07) is 10.9. The van der Waals surface area contributed by atoms with Crippen LogP contribution in [0.15, 0.2) is 58.4 Å². The smallest absolute Gasteiger partial charge is 0.325 e. The van der Waals surface area contributed by atoms with E-state index in [2.05, 4.69) is 10.6 Å². The van der Waals surface area contributed by atoms with Crippen molar-refractivity contribution < 1.29 is 27.6 Å². The SMILES string of the molecule is O=C(Cn1c2c(sc1=O)[C@@H](c1ccc(Cl)cc1)C1C(=O)NC(=O)C1S2)Nc1cccc(C(F)(F)F)c1. The lowest BCUT2D eigenvalue weighted by molar-refractivity contribution is -0.137. The van der Waals surface area contributed by atoms with Gasteiger partial charge in [-0.3, -0.25) is 29.1 Å². The van der Waals surface area contributed by atoms with E-state index in [0.29, 0.717) is 20.5 Å². The Balaban J connectivity index is 1.49. The number of imide groups is 1. The highest BCUT2D eigenvalue weighted by Crippen LogP contribution is 2.51. The van der Waals surface area contributed by atoms with Crippen molar-refractivity contribution in [3.05, 3.63) is 79.2 Å². The Kier molecular flexibility index (Phi) is 6.21. The fourth-order valence-corrected chi connectivity index (χ4v) is 7.19. The van der Waals surface area contributed by atoms with Crippen molar-refractivity contribution in [2.75, 3.05) is 5.32 Å². The number of rotatable bonds is 4. The maximum absolute atomic E-state index is 13.0. The molecule has 2 unspecified atom stereocenters. The average molecular weight is 554 g/mol. The average Bonchev–Trinajstić information content (AvgIpc) is 3.27. The molecule has 0 saturated carbocycles. The topological polar surface area (TPSA) is 97.3 Å². The third kappa shape index (κ3) is 4.44. The van der Waals surface area contributed by atoms with Crippen LogP contribution in [0.1, 0.15) is 21.9 Å². The quantitative estimate of drug-likeness (QED) is 0.474. The van der Waals surface area contributed by atoms with Crippen LogP contribution in [0.4, 0.5) is 18.9 Å². The maximum Gasteiger partial charge on any atom is 0.416 e. The van der Waals surface area contributed by atoms with Gasteiger partial charge in [-0.25, -0.2) is 0 Å². The van der Waals surface area contributed by atoms with Gasteiger partial charge in [-0.05, 0) is 35.9 Å². The summed E-state index contributed by atoms with van der Waals surface area (Å²) in [6.07, 6.45) is -4.58. The van der Waals surface area contributed by atoms with Gasteiger partial charge >= 0.3 is 11.0 Å². The van der Waals surface area contributed by atoms with Crippen LogP contribution in [0, 0.1) is 5.92 Å². The van der Waals surface area contributed by atoms with Gasteiger partial charge in [0.25, 0.3) is 0 Å². The number of hydrogen-bond acceptors (Lipinski definition) is 6. The number of nitrogens with one attached hydrogen (secondary N) is 2. The van der Waals surface area contributed by atoms with E-state index in [0.717, 1.165) is 35.2 Å². The van der Waals surface area contributed by atoms with E-state index in [1.807, 2.05) is 0 Å². The maximum atomic E-state index is 13.0. The molecule has 1 fully saturated rings. The first-order chi connectivity index (χ1) is 17.0. The highest BCUT2D eigenvalue weighted by molar-refractivity contribution is 8.00. The second-order valence-electron chi connectivity index (χ2n) is 8.20. The monoisotopic (exact) mass is 553 g/mol. The molecular weight excluding hydrogens is 539 g/mol. The Labute approximate surface area is 214 Å². The van der Waals surface area contributed by atoms with E-state index in [-0.39, 0.29) is 5.69 Å². The second kappa shape index (κ2) is 9.09. The largest absolute Gasteiger partial charge is 0.416 e. The summed E-state index contributed by atoms with van der Waals surface area (Å²) >= 11 is 7.90. The third-order valence-electron chi connectivity index (χ3n) is 5.89. The number of thiazole rings is 1. The zero-order chi connectivity index (χ0) is 25.8. The Morgan fingerprint density at radius 2 is 1.81 bits per heavy atom. The molecule has 7 nitrogen and oxygen atoms in total. The summed E-state index contributed by atoms with van der Waals surface area (Å²) in [7, 11) is 0. The molecule has 0 spiro atoms. The fourth-order valence-electron chi connectivity index (χ4n) is 4.32. The molecule has 1 aromatic heterocycles. The van der Waals surface area contributed by atoms with Gasteiger partial charge in [-0.15, -0.1) is 0 Å². The van der Waals surface area contributed by atoms with Crippen molar-refractivity contribution in [2.24, 2.45) is 5.92 Å². The Morgan fingerprint density at radius 3 is 2.50 bits per heavy atom. The van der Waals surface area contributed by atoms with Crippen molar-refractivity contribution in [1.82, 2.24) is 9.88 Å². The fraction of sp³-hybridized carbons (Fsp3) is 0.217. The molecule has 13 heteroatoms. The number of anilines is 1. The molecule has 3 atom stereocenters. The van der Waals surface area contributed by atoms with E-state index in [1.54, 1.807) is 24.3 Å². The molecule has 3 amide bonds. The number of nitrogens with zero attached hydrogens (tertiary/aromatic N) is 1. The lowest BCUT2D eigenvalue weighted by Crippen LogP contribution is -2.32. The highest BCUT2D eigenvalue weighted by Gasteiger charge is 2.52. The van der Waals surface area contributed by atoms with Crippen molar-refractivity contribution in [3.8, 4) is 0 Å². The van der Waals surface area contributed by atoms with Gasteiger partial charge in [0, 0.05) is 21.5 Å². The highest BCUT2D eigenvalue weighted by atomic mass is 35.5. The minimum atomic E-state index is -4.58. The Hall–Kier alpha value is -3.09. The van der Waals surface area contributed by atoms with Gasteiger partial charge in [0.05, 0.1) is 16.5 Å². The van der Waals surface area contributed by atoms with E-state index in [9.17, 15) is 32.3 Å². The first-order valence-corrected chi connectivity index (χ1v) is 12.6. The van der Waals surface area contributed by atoms with Gasteiger partial charge < -0.3 is 5.32 Å². The minimum absolute atomic E-state index is 0.0699. The lowest BCUT2D eigenvalue weighted by Gasteiger charge is -2.30. The number of aromatic nitrogens is 1. The van der Waals surface area contributed by atoms with Crippen LogP contribution >= 0.6 is 34.7 Å². The Morgan fingerprint density at radius 1 is 1.08 bits per heavy atom. The molecule has 3 aromatic rings. The number of carbonyl (C=O) groups excluding carboxylic acids is 3. The van der Waals surface area contributed by atoms with Crippen LogP contribution in [0.3, 0.4) is 0 Å². The van der Waals surface area contributed by atoms with Crippen molar-refractivity contribution in [2.45, 2.75) is 28.9 Å². The molecule has 2 aromatic carbocycles. The van der Waals surface area contributed by atoms with Crippen LogP contribution in [0.25, 0.3) is 0 Å². The number of benzene rings is 2. The summed E-state index contributed by atoms with van der Waals surface area (Å²) in [5.74, 6) is -3.01. The van der Waals surface area contributed by atoms with Crippen molar-refractivity contribution in [1.29, 1.82) is 0 Å². The standard InChI is InChI=1S/C23H15ClF3N3O4S2/c24-12-6-4-10(5-7-12)15-16-17(20(33)29-19(16)32)35-21-18(15)36-22(34)30(21)9-14(31)28-13-3-1-2-11(8-13)23(25,26)27/h1-8,15-17H,9H2,(H,28,31)(H,29,32,33)/t15-,16?,17?/m0/s1. The molecule has 186 valence electrons. The lowest BCUT2D eigenvalue weighted by atomic mass is 9.83. The number of halogens is 4. The summed E-state index contributed by atoms with van der Waals surface area (Å²) in [6.45, 7) is -0.478. The van der Waals surface area contributed by atoms with E-state index >= 15 is 0 Å². The number of amides is 3. The summed E-state index contributed by atoms with van der Waals surface area (Å²) < 4.78 is 40.2. The van der Waals surface area contributed by atoms with Crippen molar-refractivity contribution in [3.63, 3.8) is 0 Å². The molecular formula is C23H15ClF3N3O4S2.